The van der Waals surface area contributed by atoms with Crippen LogP contribution in [0.4, 0.5) is 5.95 Å². The van der Waals surface area contributed by atoms with Gasteiger partial charge in [0.1, 0.15) is 0 Å². The number of aromatic nitrogens is 2. The molecule has 2 heterocycles. The summed E-state index contributed by atoms with van der Waals surface area (Å²) >= 11 is 6.10. The largest absolute Gasteiger partial charge is 0.325 e. The highest BCUT2D eigenvalue weighted by Gasteiger charge is 2.25. The molecule has 1 N–H and O–H groups in total. The monoisotopic (exact) mass is 357 g/mol. The van der Waals surface area contributed by atoms with E-state index in [-0.39, 0.29) is 6.04 Å². The molecule has 0 saturated carbocycles. The van der Waals surface area contributed by atoms with E-state index in [0.717, 1.165) is 33.3 Å². The summed E-state index contributed by atoms with van der Waals surface area (Å²) in [5, 5.41) is 4.24. The van der Waals surface area contributed by atoms with Crippen molar-refractivity contribution in [2.75, 3.05) is 5.32 Å². The van der Waals surface area contributed by atoms with Gasteiger partial charge in [0.15, 0.2) is 0 Å². The number of halogens is 1. The van der Waals surface area contributed by atoms with E-state index < -0.39 is 0 Å². The van der Waals surface area contributed by atoms with Crippen LogP contribution in [0.5, 0.6) is 0 Å². The molecule has 3 aromatic carbocycles. The Hall–Kier alpha value is -3.04. The second kappa shape index (κ2) is 6.04. The Bertz CT molecular complexity index is 1110. The van der Waals surface area contributed by atoms with Crippen LogP contribution in [0.3, 0.4) is 0 Å². The van der Waals surface area contributed by atoms with E-state index in [2.05, 4.69) is 46.3 Å². The molecule has 0 amide bonds. The number of para-hydroxylation sites is 2. The summed E-state index contributed by atoms with van der Waals surface area (Å²) in [6.07, 6.45) is 2.25. The Balaban J connectivity index is 1.73. The fourth-order valence-electron chi connectivity index (χ4n) is 3.50. The molecule has 0 fully saturated rings. The molecule has 1 aliphatic rings. The van der Waals surface area contributed by atoms with Gasteiger partial charge in [0.05, 0.1) is 17.1 Å². The number of rotatable bonds is 2. The average molecular weight is 358 g/mol. The second-order valence-electron chi connectivity index (χ2n) is 6.36. The summed E-state index contributed by atoms with van der Waals surface area (Å²) in [5.41, 5.74) is 5.47. The van der Waals surface area contributed by atoms with Crippen molar-refractivity contribution in [3.05, 3.63) is 101 Å². The van der Waals surface area contributed by atoms with Crippen LogP contribution in [0, 0.1) is 0 Å². The molecule has 0 aliphatic carbocycles. The van der Waals surface area contributed by atoms with Crippen molar-refractivity contribution in [2.45, 2.75) is 6.04 Å². The lowest BCUT2D eigenvalue weighted by atomic mass is 10.0. The van der Waals surface area contributed by atoms with E-state index in [1.165, 1.54) is 5.56 Å². The number of hydrogen-bond acceptors (Lipinski definition) is 2. The molecule has 3 nitrogen and oxygen atoms in total. The third kappa shape index (κ3) is 2.49. The van der Waals surface area contributed by atoms with Gasteiger partial charge in [0.25, 0.3) is 0 Å². The average Bonchev–Trinajstić information content (AvgIpc) is 3.07. The van der Waals surface area contributed by atoms with Crippen LogP contribution < -0.4 is 5.32 Å². The minimum absolute atomic E-state index is 0.0473. The highest BCUT2D eigenvalue weighted by molar-refractivity contribution is 6.30. The normalized spacial score (nSPS) is 16.0. The maximum Gasteiger partial charge on any atom is 0.209 e. The third-order valence-corrected chi connectivity index (χ3v) is 4.99. The Kier molecular flexibility index (Phi) is 3.54. The van der Waals surface area contributed by atoms with Crippen molar-refractivity contribution in [1.29, 1.82) is 0 Å². The summed E-state index contributed by atoms with van der Waals surface area (Å²) in [5.74, 6) is 0.854. The zero-order chi connectivity index (χ0) is 17.5. The molecule has 0 saturated heterocycles. The first-order chi connectivity index (χ1) is 12.8. The van der Waals surface area contributed by atoms with Gasteiger partial charge in [-0.15, -0.1) is 0 Å². The predicted octanol–water partition coefficient (Wildman–Crippen LogP) is 5.75. The van der Waals surface area contributed by atoms with E-state index in [1.807, 2.05) is 48.5 Å². The molecule has 0 unspecified atom stereocenters. The number of nitrogens with one attached hydrogen (secondary N) is 1. The first-order valence-corrected chi connectivity index (χ1v) is 8.94. The number of imidazole rings is 1. The van der Waals surface area contributed by atoms with Crippen molar-refractivity contribution in [3.63, 3.8) is 0 Å². The van der Waals surface area contributed by atoms with E-state index in [9.17, 15) is 0 Å². The molecule has 1 aliphatic heterocycles. The van der Waals surface area contributed by atoms with Gasteiger partial charge in [-0.3, -0.25) is 4.57 Å². The molecule has 5 rings (SSSR count). The minimum atomic E-state index is 0.0473. The molecule has 0 radical (unpaired) electrons. The van der Waals surface area contributed by atoms with Gasteiger partial charge in [0, 0.05) is 10.7 Å². The Labute approximate surface area is 156 Å². The number of hydrogen-bond donors (Lipinski definition) is 1. The van der Waals surface area contributed by atoms with E-state index >= 15 is 0 Å². The molecule has 1 aromatic heterocycles. The molecule has 4 heteroatoms. The maximum atomic E-state index is 6.10. The summed E-state index contributed by atoms with van der Waals surface area (Å²) < 4.78 is 2.24. The van der Waals surface area contributed by atoms with Gasteiger partial charge < -0.3 is 5.32 Å². The second-order valence-corrected chi connectivity index (χ2v) is 6.80. The van der Waals surface area contributed by atoms with E-state index in [0.29, 0.717) is 0 Å². The zero-order valence-electron chi connectivity index (χ0n) is 13.9. The topological polar surface area (TPSA) is 29.9 Å². The van der Waals surface area contributed by atoms with Crippen molar-refractivity contribution in [1.82, 2.24) is 9.55 Å². The minimum Gasteiger partial charge on any atom is -0.325 e. The molecule has 4 aromatic rings. The maximum absolute atomic E-state index is 6.10. The molecule has 26 heavy (non-hydrogen) atoms. The van der Waals surface area contributed by atoms with E-state index in [1.54, 1.807) is 0 Å². The third-order valence-electron chi connectivity index (χ3n) is 4.74. The SMILES string of the molecule is Clc1ccc([C@H]2C=C(c3ccccc3)Nc3nc4ccccc4n32)cc1. The van der Waals surface area contributed by atoms with Gasteiger partial charge in [-0.1, -0.05) is 66.2 Å². The molecular weight excluding hydrogens is 342 g/mol. The zero-order valence-corrected chi connectivity index (χ0v) is 14.7. The van der Waals surface area contributed by atoms with Gasteiger partial charge in [0.2, 0.25) is 5.95 Å². The van der Waals surface area contributed by atoms with Crippen LogP contribution >= 0.6 is 11.6 Å². The molecular formula is C22H16ClN3. The fraction of sp³-hybridized carbons (Fsp3) is 0.0455. The Morgan fingerprint density at radius 2 is 1.58 bits per heavy atom. The van der Waals surface area contributed by atoms with Crippen molar-refractivity contribution >= 4 is 34.3 Å². The van der Waals surface area contributed by atoms with Crippen LogP contribution in [-0.4, -0.2) is 9.55 Å². The number of nitrogens with zero attached hydrogens (tertiary/aromatic N) is 2. The molecule has 126 valence electrons. The highest BCUT2D eigenvalue weighted by atomic mass is 35.5. The number of anilines is 1. The lowest BCUT2D eigenvalue weighted by Gasteiger charge is -2.26. The number of benzene rings is 3. The summed E-state index contributed by atoms with van der Waals surface area (Å²) in [6, 6.07) is 26.6. The van der Waals surface area contributed by atoms with Crippen molar-refractivity contribution in [3.8, 4) is 0 Å². The Morgan fingerprint density at radius 1 is 0.846 bits per heavy atom. The molecule has 1 atom stereocenters. The van der Waals surface area contributed by atoms with Crippen LogP contribution in [0.15, 0.2) is 84.9 Å². The quantitative estimate of drug-likeness (QED) is 0.495. The van der Waals surface area contributed by atoms with Crippen LogP contribution in [0.25, 0.3) is 16.7 Å². The summed E-state index contributed by atoms with van der Waals surface area (Å²) in [6.45, 7) is 0. The van der Waals surface area contributed by atoms with Crippen LogP contribution in [0.1, 0.15) is 17.2 Å². The smallest absolute Gasteiger partial charge is 0.209 e. The predicted molar refractivity (Wildman–Crippen MR) is 107 cm³/mol. The van der Waals surface area contributed by atoms with Gasteiger partial charge >= 0.3 is 0 Å². The molecule has 0 bridgehead atoms. The van der Waals surface area contributed by atoms with Crippen LogP contribution in [-0.2, 0) is 0 Å². The molecule has 0 spiro atoms. The van der Waals surface area contributed by atoms with Crippen LogP contribution in [0.2, 0.25) is 5.02 Å². The summed E-state index contributed by atoms with van der Waals surface area (Å²) in [4.78, 5) is 4.81. The highest BCUT2D eigenvalue weighted by Crippen LogP contribution is 2.37. The van der Waals surface area contributed by atoms with Crippen molar-refractivity contribution < 1.29 is 0 Å². The fourth-order valence-corrected chi connectivity index (χ4v) is 3.63. The Morgan fingerprint density at radius 3 is 2.38 bits per heavy atom. The first kappa shape index (κ1) is 15.2. The first-order valence-electron chi connectivity index (χ1n) is 8.56. The lowest BCUT2D eigenvalue weighted by Crippen LogP contribution is -2.19. The van der Waals surface area contributed by atoms with Gasteiger partial charge in [-0.2, -0.15) is 0 Å². The number of allylic oxidation sites excluding steroid dienone is 1. The lowest BCUT2D eigenvalue weighted by molar-refractivity contribution is 0.720. The van der Waals surface area contributed by atoms with Gasteiger partial charge in [-0.25, -0.2) is 4.98 Å². The standard InChI is InChI=1S/C22H16ClN3/c23-17-12-10-16(11-13-17)21-14-19(15-6-2-1-3-7-15)25-22-24-18-8-4-5-9-20(18)26(21)22/h1-14,21H,(H,24,25)/t21-/m1/s1. The van der Waals surface area contributed by atoms with E-state index in [4.69, 9.17) is 16.6 Å². The van der Waals surface area contributed by atoms with Gasteiger partial charge in [-0.05, 0) is 41.5 Å². The van der Waals surface area contributed by atoms with Crippen molar-refractivity contribution in [2.24, 2.45) is 0 Å². The summed E-state index contributed by atoms with van der Waals surface area (Å²) in [7, 11) is 0. The number of fused-ring (bicyclic) bond motifs is 3.